The van der Waals surface area contributed by atoms with Crippen molar-refractivity contribution in [1.82, 2.24) is 9.55 Å². The molecule has 2 rings (SSSR count). The molecule has 1 fully saturated rings. The smallest absolute Gasteiger partial charge is 0.351 e. The number of anilines is 1. The summed E-state index contributed by atoms with van der Waals surface area (Å²) < 4.78 is 21.0. The van der Waals surface area contributed by atoms with E-state index in [0.29, 0.717) is 5.56 Å². The minimum absolute atomic E-state index is 0.0344. The molecule has 0 bridgehead atoms. The molecule has 2 heterocycles. The van der Waals surface area contributed by atoms with Gasteiger partial charge < -0.3 is 20.7 Å². The normalized spacial score (nSPS) is 27.8. The molecule has 0 saturated carbocycles. The number of aromatic nitrogens is 2. The van der Waals surface area contributed by atoms with E-state index in [9.17, 15) is 14.3 Å². The van der Waals surface area contributed by atoms with Crippen LogP contribution >= 0.6 is 22.6 Å². The molecule has 1 aromatic rings. The average Bonchev–Trinajstić information content (AvgIpc) is 2.78. The maximum Gasteiger partial charge on any atom is 0.351 e. The van der Waals surface area contributed by atoms with E-state index in [-0.39, 0.29) is 17.7 Å². The molecule has 3 atom stereocenters. The monoisotopic (exact) mass is 409 g/mol. The van der Waals surface area contributed by atoms with Gasteiger partial charge in [0.15, 0.2) is 6.23 Å². The standard InChI is InChI=1S/C12H13FIN3O4/c13-3-7-9(19)8(5-18)21-11(7)17-4-6(1-2-14)10(15)16-12(17)20/h1-4,8-9,11,18-19H,5H2,(H2,15,16,20). The summed E-state index contributed by atoms with van der Waals surface area (Å²) in [5.74, 6) is 0.0344. The lowest BCUT2D eigenvalue weighted by atomic mass is 10.1. The van der Waals surface area contributed by atoms with Crippen molar-refractivity contribution in [2.45, 2.75) is 18.4 Å². The minimum atomic E-state index is -1.34. The summed E-state index contributed by atoms with van der Waals surface area (Å²) in [7, 11) is 0. The highest BCUT2D eigenvalue weighted by molar-refractivity contribution is 14.1. The van der Waals surface area contributed by atoms with Gasteiger partial charge in [0.1, 0.15) is 18.0 Å². The summed E-state index contributed by atoms with van der Waals surface area (Å²) in [5, 5.41) is 18.9. The van der Waals surface area contributed by atoms with E-state index in [1.807, 2.05) is 22.6 Å². The molecule has 0 aliphatic carbocycles. The molecular formula is C12H13FIN3O4. The van der Waals surface area contributed by atoms with Gasteiger partial charge in [0.05, 0.1) is 12.9 Å². The van der Waals surface area contributed by atoms with E-state index in [4.69, 9.17) is 15.6 Å². The molecule has 21 heavy (non-hydrogen) atoms. The molecule has 0 spiro atoms. The zero-order valence-corrected chi connectivity index (χ0v) is 12.8. The third-order valence-electron chi connectivity index (χ3n) is 3.09. The number of nitrogens with zero attached hydrogens (tertiary/aromatic N) is 2. The Hall–Kier alpha value is -1.30. The van der Waals surface area contributed by atoms with Crippen LogP contribution in [0.2, 0.25) is 0 Å². The van der Waals surface area contributed by atoms with Crippen LogP contribution in [0.4, 0.5) is 10.2 Å². The van der Waals surface area contributed by atoms with Crippen LogP contribution < -0.4 is 11.4 Å². The number of nitrogen functional groups attached to an aromatic ring is 1. The highest BCUT2D eigenvalue weighted by Crippen LogP contribution is 2.33. The Morgan fingerprint density at radius 3 is 2.90 bits per heavy atom. The maximum absolute atomic E-state index is 13.0. The molecule has 0 amide bonds. The Morgan fingerprint density at radius 2 is 2.33 bits per heavy atom. The molecule has 7 nitrogen and oxygen atoms in total. The number of halogens is 2. The lowest BCUT2D eigenvalue weighted by Gasteiger charge is -2.16. The van der Waals surface area contributed by atoms with Crippen molar-refractivity contribution in [3.05, 3.63) is 38.2 Å². The Bertz CT molecular complexity index is 646. The number of ether oxygens (including phenoxy) is 1. The fourth-order valence-corrected chi connectivity index (χ4v) is 2.41. The van der Waals surface area contributed by atoms with Crippen LogP contribution in [-0.4, -0.2) is 38.6 Å². The molecule has 1 aromatic heterocycles. The van der Waals surface area contributed by atoms with E-state index >= 15 is 0 Å². The van der Waals surface area contributed by atoms with E-state index in [2.05, 4.69) is 4.98 Å². The molecule has 0 aromatic carbocycles. The van der Waals surface area contributed by atoms with Gasteiger partial charge in [-0.3, -0.25) is 4.57 Å². The highest BCUT2D eigenvalue weighted by atomic mass is 127. The Morgan fingerprint density at radius 1 is 1.62 bits per heavy atom. The second kappa shape index (κ2) is 6.64. The highest BCUT2D eigenvalue weighted by Gasteiger charge is 2.40. The van der Waals surface area contributed by atoms with Crippen LogP contribution in [0.25, 0.3) is 6.08 Å². The largest absolute Gasteiger partial charge is 0.394 e. The topological polar surface area (TPSA) is 111 Å². The second-order valence-electron chi connectivity index (χ2n) is 4.33. The van der Waals surface area contributed by atoms with Crippen molar-refractivity contribution in [2.75, 3.05) is 12.3 Å². The predicted molar refractivity (Wildman–Crippen MR) is 82.2 cm³/mol. The van der Waals surface area contributed by atoms with Crippen molar-refractivity contribution < 1.29 is 19.3 Å². The van der Waals surface area contributed by atoms with Crippen molar-refractivity contribution in [3.8, 4) is 0 Å². The van der Waals surface area contributed by atoms with Crippen LogP contribution in [0.5, 0.6) is 0 Å². The summed E-state index contributed by atoms with van der Waals surface area (Å²) in [6.45, 7) is -0.507. The molecule has 1 aliphatic heterocycles. The Labute approximate surface area is 132 Å². The van der Waals surface area contributed by atoms with Crippen LogP contribution in [-0.2, 0) is 4.74 Å². The van der Waals surface area contributed by atoms with Gasteiger partial charge in [0, 0.05) is 17.3 Å². The van der Waals surface area contributed by atoms with Gasteiger partial charge in [0.2, 0.25) is 0 Å². The number of aliphatic hydroxyl groups is 2. The lowest BCUT2D eigenvalue weighted by molar-refractivity contribution is -0.0447. The third-order valence-corrected chi connectivity index (χ3v) is 3.45. The van der Waals surface area contributed by atoms with Gasteiger partial charge in [-0.2, -0.15) is 4.98 Å². The van der Waals surface area contributed by atoms with Gasteiger partial charge in [-0.1, -0.05) is 22.6 Å². The summed E-state index contributed by atoms with van der Waals surface area (Å²) >= 11 is 1.97. The molecular weight excluding hydrogens is 396 g/mol. The molecule has 3 unspecified atom stereocenters. The van der Waals surface area contributed by atoms with Crippen LogP contribution in [0, 0.1) is 0 Å². The number of hydrogen-bond donors (Lipinski definition) is 3. The van der Waals surface area contributed by atoms with Crippen molar-refractivity contribution >= 4 is 34.5 Å². The molecule has 0 radical (unpaired) electrons. The van der Waals surface area contributed by atoms with Gasteiger partial charge in [-0.05, 0) is 10.2 Å². The maximum atomic E-state index is 13.0. The van der Waals surface area contributed by atoms with Crippen molar-refractivity contribution in [2.24, 2.45) is 0 Å². The number of aliphatic hydroxyl groups excluding tert-OH is 2. The first-order valence-electron chi connectivity index (χ1n) is 5.93. The van der Waals surface area contributed by atoms with Crippen LogP contribution in [0.3, 0.4) is 0 Å². The third kappa shape index (κ3) is 3.00. The number of rotatable bonds is 3. The van der Waals surface area contributed by atoms with Gasteiger partial charge >= 0.3 is 5.69 Å². The Balaban J connectivity index is 2.51. The number of nitrogens with two attached hydrogens (primary N) is 1. The average molecular weight is 409 g/mol. The molecule has 1 saturated heterocycles. The van der Waals surface area contributed by atoms with Gasteiger partial charge in [0.25, 0.3) is 0 Å². The van der Waals surface area contributed by atoms with Crippen LogP contribution in [0.15, 0.2) is 27.0 Å². The quantitative estimate of drug-likeness (QED) is 0.621. The van der Waals surface area contributed by atoms with Crippen molar-refractivity contribution in [3.63, 3.8) is 0 Å². The SMILES string of the molecule is Nc1nc(=O)n(C2OC(CO)C(O)C2=CF)cc1C=CI. The van der Waals surface area contributed by atoms with Crippen molar-refractivity contribution in [1.29, 1.82) is 0 Å². The van der Waals surface area contributed by atoms with E-state index in [1.165, 1.54) is 6.20 Å². The molecule has 9 heteroatoms. The van der Waals surface area contributed by atoms with Gasteiger partial charge in [-0.25, -0.2) is 9.18 Å². The molecule has 4 N–H and O–H groups in total. The predicted octanol–water partition coefficient (Wildman–Crippen LogP) is 0.335. The van der Waals surface area contributed by atoms with Crippen LogP contribution in [0.1, 0.15) is 11.8 Å². The summed E-state index contributed by atoms with van der Waals surface area (Å²) in [5.41, 5.74) is 5.17. The first-order valence-corrected chi connectivity index (χ1v) is 7.18. The molecule has 1 aliphatic rings. The van der Waals surface area contributed by atoms with E-state index in [0.717, 1.165) is 4.57 Å². The fraction of sp³-hybridized carbons (Fsp3) is 0.333. The second-order valence-corrected chi connectivity index (χ2v) is 5.05. The fourth-order valence-electron chi connectivity index (χ4n) is 2.03. The van der Waals surface area contributed by atoms with E-state index < -0.39 is 30.7 Å². The zero-order chi connectivity index (χ0) is 15.6. The Kier molecular flexibility index (Phi) is 5.08. The lowest BCUT2D eigenvalue weighted by Crippen LogP contribution is -2.29. The minimum Gasteiger partial charge on any atom is -0.394 e. The summed E-state index contributed by atoms with van der Waals surface area (Å²) in [6, 6.07) is 0. The summed E-state index contributed by atoms with van der Waals surface area (Å²) in [6.07, 6.45) is -0.374. The molecule has 114 valence electrons. The summed E-state index contributed by atoms with van der Waals surface area (Å²) in [4.78, 5) is 15.6. The zero-order valence-electron chi connectivity index (χ0n) is 10.7. The van der Waals surface area contributed by atoms with Gasteiger partial charge in [-0.15, -0.1) is 0 Å². The van der Waals surface area contributed by atoms with E-state index in [1.54, 1.807) is 10.2 Å². The first-order chi connectivity index (χ1) is 10.0. The first kappa shape index (κ1) is 16.1. The number of hydrogen-bond acceptors (Lipinski definition) is 6.